The van der Waals surface area contributed by atoms with Crippen molar-refractivity contribution in [3.8, 4) is 28.4 Å². The van der Waals surface area contributed by atoms with E-state index >= 15 is 0 Å². The summed E-state index contributed by atoms with van der Waals surface area (Å²) in [5.74, 6) is 0.818. The standard InChI is InChI=1S/C32H35NO4/c1-2-3-4-5-6-7-27(34)12-8-23-9-15-31(36)32(20-23)37-19-17-24-10-13-28(35)22-29(24)25-11-14-30-26(21-25)16-18-33-30/h6-7,9-11,13-16,18,20-22,33,35-36H,2-5,8,12,17,19H2,1H3. The Bertz CT molecular complexity index is 1370. The van der Waals surface area contributed by atoms with Crippen molar-refractivity contribution in [1.82, 2.24) is 4.98 Å². The van der Waals surface area contributed by atoms with Crippen LogP contribution in [0.5, 0.6) is 17.2 Å². The molecule has 3 N–H and O–H groups in total. The monoisotopic (exact) mass is 497 g/mol. The lowest BCUT2D eigenvalue weighted by Crippen LogP contribution is -2.04. The van der Waals surface area contributed by atoms with Crippen molar-refractivity contribution in [2.45, 2.75) is 51.9 Å². The van der Waals surface area contributed by atoms with Gasteiger partial charge in [0.05, 0.1) is 6.61 Å². The summed E-state index contributed by atoms with van der Waals surface area (Å²) in [6.45, 7) is 2.53. The van der Waals surface area contributed by atoms with E-state index in [1.807, 2.05) is 48.7 Å². The van der Waals surface area contributed by atoms with E-state index in [9.17, 15) is 15.0 Å². The van der Waals surface area contributed by atoms with Crippen LogP contribution in [0.25, 0.3) is 22.0 Å². The molecular weight excluding hydrogens is 462 g/mol. The summed E-state index contributed by atoms with van der Waals surface area (Å²) in [5, 5.41) is 21.5. The Morgan fingerprint density at radius 1 is 0.973 bits per heavy atom. The summed E-state index contributed by atoms with van der Waals surface area (Å²) in [4.78, 5) is 15.4. The van der Waals surface area contributed by atoms with Crippen molar-refractivity contribution < 1.29 is 19.7 Å². The third-order valence-electron chi connectivity index (χ3n) is 6.55. The molecule has 5 nitrogen and oxygen atoms in total. The summed E-state index contributed by atoms with van der Waals surface area (Å²) in [6, 6.07) is 18.8. The highest BCUT2D eigenvalue weighted by Gasteiger charge is 2.10. The summed E-state index contributed by atoms with van der Waals surface area (Å²) in [7, 11) is 0. The highest BCUT2D eigenvalue weighted by molar-refractivity contribution is 5.89. The van der Waals surface area contributed by atoms with Crippen LogP contribution in [0, 0.1) is 0 Å². The number of nitrogens with one attached hydrogen (secondary N) is 1. The summed E-state index contributed by atoms with van der Waals surface area (Å²) < 4.78 is 5.95. The van der Waals surface area contributed by atoms with Gasteiger partial charge in [-0.25, -0.2) is 0 Å². The van der Waals surface area contributed by atoms with Gasteiger partial charge in [0.25, 0.3) is 0 Å². The second-order valence-corrected chi connectivity index (χ2v) is 9.39. The maximum atomic E-state index is 12.2. The second-order valence-electron chi connectivity index (χ2n) is 9.39. The molecule has 0 unspecified atom stereocenters. The predicted molar refractivity (Wildman–Crippen MR) is 149 cm³/mol. The molecule has 3 aromatic carbocycles. The first-order valence-electron chi connectivity index (χ1n) is 13.1. The Morgan fingerprint density at radius 2 is 1.86 bits per heavy atom. The van der Waals surface area contributed by atoms with E-state index in [-0.39, 0.29) is 17.3 Å². The number of hydrogen-bond donors (Lipinski definition) is 3. The fourth-order valence-electron chi connectivity index (χ4n) is 4.45. The average molecular weight is 498 g/mol. The highest BCUT2D eigenvalue weighted by Crippen LogP contribution is 2.31. The molecule has 0 aliphatic carbocycles. The minimum atomic E-state index is 0.0785. The number of ketones is 1. The van der Waals surface area contributed by atoms with Gasteiger partial charge >= 0.3 is 0 Å². The molecule has 0 fully saturated rings. The number of benzene rings is 3. The molecule has 0 saturated carbocycles. The molecule has 4 aromatic rings. The number of allylic oxidation sites excluding steroid dienone is 2. The van der Waals surface area contributed by atoms with E-state index < -0.39 is 0 Å². The molecule has 5 heteroatoms. The first-order chi connectivity index (χ1) is 18.0. The smallest absolute Gasteiger partial charge is 0.161 e. The molecule has 0 aliphatic rings. The third-order valence-corrected chi connectivity index (χ3v) is 6.55. The number of carbonyl (C=O) groups is 1. The van der Waals surface area contributed by atoms with Crippen LogP contribution in [-0.4, -0.2) is 27.6 Å². The van der Waals surface area contributed by atoms with Crippen molar-refractivity contribution >= 4 is 16.7 Å². The largest absolute Gasteiger partial charge is 0.508 e. The molecule has 0 saturated heterocycles. The maximum Gasteiger partial charge on any atom is 0.161 e. The minimum absolute atomic E-state index is 0.0785. The number of aromatic amines is 1. The van der Waals surface area contributed by atoms with Gasteiger partial charge in [0, 0.05) is 24.6 Å². The summed E-state index contributed by atoms with van der Waals surface area (Å²) >= 11 is 0. The highest BCUT2D eigenvalue weighted by atomic mass is 16.5. The van der Waals surface area contributed by atoms with Crippen molar-refractivity contribution in [2.75, 3.05) is 6.61 Å². The zero-order valence-corrected chi connectivity index (χ0v) is 21.4. The maximum absolute atomic E-state index is 12.2. The average Bonchev–Trinajstić information content (AvgIpc) is 3.37. The van der Waals surface area contributed by atoms with Crippen LogP contribution in [0.2, 0.25) is 0 Å². The lowest BCUT2D eigenvalue weighted by molar-refractivity contribution is -0.114. The quantitative estimate of drug-likeness (QED) is 0.132. The molecular formula is C32H35NO4. The van der Waals surface area contributed by atoms with E-state index in [2.05, 4.69) is 18.0 Å². The van der Waals surface area contributed by atoms with Gasteiger partial charge in [-0.05, 0) is 95.4 Å². The molecule has 0 radical (unpaired) electrons. The van der Waals surface area contributed by atoms with Gasteiger partial charge in [0.2, 0.25) is 0 Å². The number of carbonyl (C=O) groups excluding carboxylic acids is 1. The van der Waals surface area contributed by atoms with Gasteiger partial charge in [0.15, 0.2) is 17.3 Å². The molecule has 1 aromatic heterocycles. The number of ether oxygens (including phenoxy) is 1. The molecule has 0 bridgehead atoms. The summed E-state index contributed by atoms with van der Waals surface area (Å²) in [6.07, 6.45) is 11.6. The normalized spacial score (nSPS) is 11.4. The molecule has 0 aliphatic heterocycles. The van der Waals surface area contributed by atoms with E-state index in [0.717, 1.165) is 46.0 Å². The number of H-pyrrole nitrogens is 1. The summed E-state index contributed by atoms with van der Waals surface area (Å²) in [5.41, 5.74) is 5.03. The molecule has 37 heavy (non-hydrogen) atoms. The Labute approximate surface area is 218 Å². The number of aromatic nitrogens is 1. The molecule has 0 amide bonds. The van der Waals surface area contributed by atoms with Crippen LogP contribution in [0.1, 0.15) is 50.2 Å². The third kappa shape index (κ3) is 7.26. The lowest BCUT2D eigenvalue weighted by Gasteiger charge is -2.13. The second kappa shape index (κ2) is 12.8. The van der Waals surface area contributed by atoms with Gasteiger partial charge in [-0.2, -0.15) is 0 Å². The van der Waals surface area contributed by atoms with Gasteiger partial charge < -0.3 is 19.9 Å². The number of aromatic hydroxyl groups is 2. The van der Waals surface area contributed by atoms with Crippen LogP contribution in [-0.2, 0) is 17.6 Å². The topological polar surface area (TPSA) is 82.6 Å². The number of phenols is 2. The van der Waals surface area contributed by atoms with Gasteiger partial charge in [-0.1, -0.05) is 44.0 Å². The van der Waals surface area contributed by atoms with Crippen molar-refractivity contribution in [2.24, 2.45) is 0 Å². The van der Waals surface area contributed by atoms with Crippen molar-refractivity contribution in [3.05, 3.63) is 90.1 Å². The van der Waals surface area contributed by atoms with Gasteiger partial charge in [-0.3, -0.25) is 4.79 Å². The fourth-order valence-corrected chi connectivity index (χ4v) is 4.45. The number of phenolic OH excluding ortho intramolecular Hbond substituents is 2. The molecule has 4 rings (SSSR count). The number of aryl methyl sites for hydroxylation is 1. The molecule has 1 heterocycles. The van der Waals surface area contributed by atoms with E-state index in [1.165, 1.54) is 12.8 Å². The van der Waals surface area contributed by atoms with E-state index in [4.69, 9.17) is 4.74 Å². The Balaban J connectivity index is 1.36. The van der Waals surface area contributed by atoms with Crippen LogP contribution in [0.15, 0.2) is 79.0 Å². The van der Waals surface area contributed by atoms with Crippen LogP contribution in [0.3, 0.4) is 0 Å². The first kappa shape index (κ1) is 26.1. The van der Waals surface area contributed by atoms with Crippen molar-refractivity contribution in [1.29, 1.82) is 0 Å². The number of hydrogen-bond acceptors (Lipinski definition) is 4. The lowest BCUT2D eigenvalue weighted by atomic mass is 9.96. The zero-order chi connectivity index (χ0) is 26.0. The van der Waals surface area contributed by atoms with Crippen LogP contribution in [0.4, 0.5) is 0 Å². The SMILES string of the molecule is CCCCCC=CC(=O)CCc1ccc(O)c(OCCc2ccc(O)cc2-c2ccc3[nH]ccc3c2)c1. The minimum Gasteiger partial charge on any atom is -0.508 e. The van der Waals surface area contributed by atoms with Crippen LogP contribution < -0.4 is 4.74 Å². The first-order valence-corrected chi connectivity index (χ1v) is 13.1. The Morgan fingerprint density at radius 3 is 2.73 bits per heavy atom. The number of unbranched alkanes of at least 4 members (excludes halogenated alkanes) is 3. The van der Waals surface area contributed by atoms with E-state index in [1.54, 1.807) is 24.3 Å². The fraction of sp³-hybridized carbons (Fsp3) is 0.281. The van der Waals surface area contributed by atoms with E-state index in [0.29, 0.717) is 31.6 Å². The zero-order valence-electron chi connectivity index (χ0n) is 21.4. The van der Waals surface area contributed by atoms with Crippen molar-refractivity contribution in [3.63, 3.8) is 0 Å². The van der Waals surface area contributed by atoms with Gasteiger partial charge in [0.1, 0.15) is 5.75 Å². The molecule has 192 valence electrons. The van der Waals surface area contributed by atoms with Crippen LogP contribution >= 0.6 is 0 Å². The van der Waals surface area contributed by atoms with Gasteiger partial charge in [-0.15, -0.1) is 0 Å². The Hall–Kier alpha value is -3.99. The number of rotatable bonds is 13. The Kier molecular flexibility index (Phi) is 9.03. The predicted octanol–water partition coefficient (Wildman–Crippen LogP) is 7.51. The molecule has 0 atom stereocenters. The number of fused-ring (bicyclic) bond motifs is 1. The molecule has 0 spiro atoms.